The highest BCUT2D eigenvalue weighted by molar-refractivity contribution is 5.94. The molecule has 126 valence electrons. The first-order valence-electron chi connectivity index (χ1n) is 8.24. The quantitative estimate of drug-likeness (QED) is 0.514. The van der Waals surface area contributed by atoms with Gasteiger partial charge in [0.1, 0.15) is 5.82 Å². The van der Waals surface area contributed by atoms with E-state index in [0.29, 0.717) is 24.0 Å². The third-order valence-electron chi connectivity index (χ3n) is 3.53. The molecule has 0 atom stereocenters. The Labute approximate surface area is 137 Å². The fraction of sp³-hybridized carbons (Fsp3) is 0.625. The average molecular weight is 318 g/mol. The van der Waals surface area contributed by atoms with Gasteiger partial charge in [0.2, 0.25) is 5.91 Å². The number of amides is 1. The van der Waals surface area contributed by atoms with Gasteiger partial charge in [-0.15, -0.1) is 0 Å². The first-order chi connectivity index (χ1) is 11.0. The predicted octanol–water partition coefficient (Wildman–Crippen LogP) is 1.02. The van der Waals surface area contributed by atoms with Crippen LogP contribution in [-0.2, 0) is 17.6 Å². The van der Waals surface area contributed by atoms with E-state index < -0.39 is 0 Å². The number of carbonyl (C=O) groups excluding carboxylic acids is 1. The Balaban J connectivity index is 2.18. The highest BCUT2D eigenvalue weighted by Crippen LogP contribution is 2.26. The summed E-state index contributed by atoms with van der Waals surface area (Å²) in [5.41, 5.74) is 8.09. The predicted molar refractivity (Wildman–Crippen MR) is 91.7 cm³/mol. The molecule has 1 aliphatic rings. The fourth-order valence-electron chi connectivity index (χ4n) is 2.53. The van der Waals surface area contributed by atoms with Crippen LogP contribution in [0.5, 0.6) is 0 Å². The van der Waals surface area contributed by atoms with Crippen LogP contribution in [0.25, 0.3) is 0 Å². The maximum absolute atomic E-state index is 11.8. The van der Waals surface area contributed by atoms with E-state index in [9.17, 15) is 4.79 Å². The molecule has 0 bridgehead atoms. The van der Waals surface area contributed by atoms with Crippen molar-refractivity contribution in [3.63, 3.8) is 0 Å². The number of amidine groups is 1. The van der Waals surface area contributed by atoms with Crippen LogP contribution in [0, 0.1) is 0 Å². The number of aryl methyl sites for hydroxylation is 1. The van der Waals surface area contributed by atoms with E-state index >= 15 is 0 Å². The van der Waals surface area contributed by atoms with Crippen molar-refractivity contribution in [3.05, 3.63) is 17.1 Å². The second-order valence-electron chi connectivity index (χ2n) is 6.02. The van der Waals surface area contributed by atoms with E-state index in [4.69, 9.17) is 5.73 Å². The molecule has 1 heterocycles. The van der Waals surface area contributed by atoms with Gasteiger partial charge in [-0.3, -0.25) is 9.79 Å². The standard InChI is InChI=1S/C16H26N6O/c1-4-8-18-14(17)16-21-12-7-5-6-11(12)15(22-16)19-9-13(23)20-10(2)3/h10H,4-9H2,1-3H3,(H2,17,18)(H,20,23)(H,19,21,22). The Kier molecular flexibility index (Phi) is 5.90. The Hall–Kier alpha value is -2.18. The number of rotatable bonds is 7. The molecule has 1 amide bonds. The minimum atomic E-state index is -0.0560. The Morgan fingerprint density at radius 3 is 2.83 bits per heavy atom. The van der Waals surface area contributed by atoms with Crippen molar-refractivity contribution in [2.45, 2.75) is 52.5 Å². The molecule has 0 spiro atoms. The summed E-state index contributed by atoms with van der Waals surface area (Å²) >= 11 is 0. The number of carbonyl (C=O) groups is 1. The summed E-state index contributed by atoms with van der Waals surface area (Å²) in [6.45, 7) is 6.76. The van der Waals surface area contributed by atoms with Gasteiger partial charge in [-0.2, -0.15) is 0 Å². The molecule has 2 rings (SSSR count). The van der Waals surface area contributed by atoms with E-state index in [1.807, 2.05) is 20.8 Å². The monoisotopic (exact) mass is 318 g/mol. The van der Waals surface area contributed by atoms with Crippen LogP contribution in [0.1, 0.15) is 50.7 Å². The molecule has 0 aromatic carbocycles. The number of hydrogen-bond donors (Lipinski definition) is 3. The Morgan fingerprint density at radius 1 is 1.35 bits per heavy atom. The Morgan fingerprint density at radius 2 is 2.13 bits per heavy atom. The molecule has 1 aromatic rings. The average Bonchev–Trinajstić information content (AvgIpc) is 2.97. The molecule has 0 unspecified atom stereocenters. The smallest absolute Gasteiger partial charge is 0.239 e. The molecule has 0 aliphatic heterocycles. The number of aliphatic imine (C=N–C) groups is 1. The van der Waals surface area contributed by atoms with Crippen LogP contribution < -0.4 is 16.4 Å². The van der Waals surface area contributed by atoms with Crippen LogP contribution in [0.4, 0.5) is 5.82 Å². The van der Waals surface area contributed by atoms with Gasteiger partial charge in [-0.1, -0.05) is 6.92 Å². The van der Waals surface area contributed by atoms with Gasteiger partial charge in [0.15, 0.2) is 11.7 Å². The highest BCUT2D eigenvalue weighted by Gasteiger charge is 2.20. The number of anilines is 1. The molecule has 1 aromatic heterocycles. The second kappa shape index (κ2) is 7.89. The molecule has 0 saturated carbocycles. The highest BCUT2D eigenvalue weighted by atomic mass is 16.1. The molecule has 7 heteroatoms. The van der Waals surface area contributed by atoms with E-state index in [1.165, 1.54) is 0 Å². The van der Waals surface area contributed by atoms with Crippen LogP contribution in [-0.4, -0.2) is 40.8 Å². The lowest BCUT2D eigenvalue weighted by atomic mass is 10.2. The summed E-state index contributed by atoms with van der Waals surface area (Å²) in [7, 11) is 0. The topological polar surface area (TPSA) is 105 Å². The number of nitrogens with one attached hydrogen (secondary N) is 2. The number of fused-ring (bicyclic) bond motifs is 1. The molecule has 7 nitrogen and oxygen atoms in total. The number of aromatic nitrogens is 2. The van der Waals surface area contributed by atoms with E-state index in [1.54, 1.807) is 0 Å². The SMILES string of the molecule is CCCN=C(N)c1nc2c(c(NCC(=O)NC(C)C)n1)CCC2. The molecule has 0 fully saturated rings. The van der Waals surface area contributed by atoms with Crippen molar-refractivity contribution in [1.29, 1.82) is 0 Å². The van der Waals surface area contributed by atoms with E-state index in [-0.39, 0.29) is 18.5 Å². The summed E-state index contributed by atoms with van der Waals surface area (Å²) in [5.74, 6) is 1.46. The van der Waals surface area contributed by atoms with Gasteiger partial charge in [-0.25, -0.2) is 9.97 Å². The zero-order valence-corrected chi connectivity index (χ0v) is 14.1. The number of hydrogen-bond acceptors (Lipinski definition) is 5. The third kappa shape index (κ3) is 4.64. The van der Waals surface area contributed by atoms with Crippen LogP contribution >= 0.6 is 0 Å². The summed E-state index contributed by atoms with van der Waals surface area (Å²) in [5, 5.41) is 5.98. The van der Waals surface area contributed by atoms with Gasteiger partial charge >= 0.3 is 0 Å². The van der Waals surface area contributed by atoms with Crippen molar-refractivity contribution < 1.29 is 4.79 Å². The minimum Gasteiger partial charge on any atom is -0.381 e. The summed E-state index contributed by atoms with van der Waals surface area (Å²) in [4.78, 5) is 25.1. The number of nitrogens with zero attached hydrogens (tertiary/aromatic N) is 3. The van der Waals surface area contributed by atoms with Crippen molar-refractivity contribution in [3.8, 4) is 0 Å². The largest absolute Gasteiger partial charge is 0.381 e. The van der Waals surface area contributed by atoms with E-state index in [0.717, 1.165) is 36.9 Å². The lowest BCUT2D eigenvalue weighted by molar-refractivity contribution is -0.119. The van der Waals surface area contributed by atoms with Gasteiger partial charge in [0, 0.05) is 23.8 Å². The third-order valence-corrected chi connectivity index (χ3v) is 3.53. The lowest BCUT2D eigenvalue weighted by Gasteiger charge is -2.13. The van der Waals surface area contributed by atoms with Crippen LogP contribution in [0.15, 0.2) is 4.99 Å². The Bertz CT molecular complexity index is 596. The molecule has 0 radical (unpaired) electrons. The molecule has 23 heavy (non-hydrogen) atoms. The van der Waals surface area contributed by atoms with Crippen molar-refractivity contribution >= 4 is 17.6 Å². The summed E-state index contributed by atoms with van der Waals surface area (Å²) < 4.78 is 0. The van der Waals surface area contributed by atoms with Gasteiger partial charge < -0.3 is 16.4 Å². The number of nitrogens with two attached hydrogens (primary N) is 1. The molecule has 4 N–H and O–H groups in total. The minimum absolute atomic E-state index is 0.0560. The zero-order valence-electron chi connectivity index (χ0n) is 14.1. The molecule has 1 aliphatic carbocycles. The van der Waals surface area contributed by atoms with Gasteiger partial charge in [0.25, 0.3) is 0 Å². The van der Waals surface area contributed by atoms with Crippen LogP contribution in [0.2, 0.25) is 0 Å². The summed E-state index contributed by atoms with van der Waals surface area (Å²) in [6.07, 6.45) is 3.81. The first-order valence-corrected chi connectivity index (χ1v) is 8.24. The fourth-order valence-corrected chi connectivity index (χ4v) is 2.53. The molecular weight excluding hydrogens is 292 g/mol. The van der Waals surface area contributed by atoms with Crippen molar-refractivity contribution in [1.82, 2.24) is 15.3 Å². The maximum atomic E-state index is 11.8. The van der Waals surface area contributed by atoms with Crippen molar-refractivity contribution in [2.24, 2.45) is 10.7 Å². The normalized spacial score (nSPS) is 14.0. The first kappa shape index (κ1) is 17.2. The second-order valence-corrected chi connectivity index (χ2v) is 6.02. The van der Waals surface area contributed by atoms with Gasteiger partial charge in [0.05, 0.1) is 6.54 Å². The van der Waals surface area contributed by atoms with Crippen molar-refractivity contribution in [2.75, 3.05) is 18.4 Å². The molecular formula is C16H26N6O. The summed E-state index contributed by atoms with van der Waals surface area (Å²) in [6, 6.07) is 0.118. The zero-order chi connectivity index (χ0) is 16.8. The van der Waals surface area contributed by atoms with Gasteiger partial charge in [-0.05, 0) is 39.5 Å². The van der Waals surface area contributed by atoms with Crippen LogP contribution in [0.3, 0.4) is 0 Å². The molecule has 0 saturated heterocycles. The lowest BCUT2D eigenvalue weighted by Crippen LogP contribution is -2.35. The van der Waals surface area contributed by atoms with E-state index in [2.05, 4.69) is 25.6 Å². The maximum Gasteiger partial charge on any atom is 0.239 e.